The summed E-state index contributed by atoms with van der Waals surface area (Å²) in [5.74, 6) is 0.796. The van der Waals surface area contributed by atoms with Gasteiger partial charge in [0.05, 0.1) is 24.2 Å². The molecular formula is C27H28N4O2. The molecule has 1 saturated heterocycles. The van der Waals surface area contributed by atoms with Crippen LogP contribution in [0.3, 0.4) is 0 Å². The number of carbonyl (C=O) groups excluding carboxylic acids is 1. The van der Waals surface area contributed by atoms with E-state index < -0.39 is 0 Å². The Morgan fingerprint density at radius 1 is 0.939 bits per heavy atom. The third-order valence-corrected chi connectivity index (χ3v) is 6.21. The maximum atomic E-state index is 12.2. The number of amides is 1. The zero-order valence-corrected chi connectivity index (χ0v) is 18.8. The summed E-state index contributed by atoms with van der Waals surface area (Å²) in [6, 6.07) is 24.6. The molecule has 2 heterocycles. The molecule has 0 bridgehead atoms. The van der Waals surface area contributed by atoms with Crippen LogP contribution in [-0.4, -0.2) is 53.7 Å². The monoisotopic (exact) mass is 440 g/mol. The van der Waals surface area contributed by atoms with E-state index in [1.807, 2.05) is 36.4 Å². The highest BCUT2D eigenvalue weighted by Gasteiger charge is 2.17. The van der Waals surface area contributed by atoms with Gasteiger partial charge in [-0.15, -0.1) is 0 Å². The number of benzene rings is 3. The molecule has 0 spiro atoms. The van der Waals surface area contributed by atoms with E-state index in [0.29, 0.717) is 12.1 Å². The van der Waals surface area contributed by atoms with Crippen molar-refractivity contribution in [3.05, 3.63) is 89.5 Å². The van der Waals surface area contributed by atoms with Gasteiger partial charge in [-0.1, -0.05) is 54.6 Å². The van der Waals surface area contributed by atoms with Gasteiger partial charge in [0, 0.05) is 44.4 Å². The maximum absolute atomic E-state index is 12.2. The number of morpholine rings is 1. The first-order chi connectivity index (χ1) is 16.2. The molecule has 0 unspecified atom stereocenters. The molecule has 168 valence electrons. The fraction of sp³-hybridized carbons (Fsp3) is 0.259. The zero-order valence-electron chi connectivity index (χ0n) is 18.8. The lowest BCUT2D eigenvalue weighted by Crippen LogP contribution is -2.35. The summed E-state index contributed by atoms with van der Waals surface area (Å²) in [4.78, 5) is 19.6. The van der Waals surface area contributed by atoms with Crippen LogP contribution in [0.5, 0.6) is 0 Å². The maximum Gasteiger partial charge on any atom is 0.251 e. The lowest BCUT2D eigenvalue weighted by molar-refractivity contribution is 0.0340. The highest BCUT2D eigenvalue weighted by atomic mass is 16.5. The molecule has 0 atom stereocenters. The molecule has 5 rings (SSSR count). The lowest BCUT2D eigenvalue weighted by Gasteiger charge is -2.27. The van der Waals surface area contributed by atoms with Crippen molar-refractivity contribution in [2.75, 3.05) is 33.4 Å². The SMILES string of the molecule is CNC(=O)c1ccc2c(c1)nc(-c1ccccc1)n2Cc1ccccc1CN1CCOCC1. The van der Waals surface area contributed by atoms with E-state index in [9.17, 15) is 4.79 Å². The molecule has 0 aliphatic carbocycles. The van der Waals surface area contributed by atoms with Gasteiger partial charge in [0.15, 0.2) is 0 Å². The Balaban J connectivity index is 1.57. The van der Waals surface area contributed by atoms with Crippen molar-refractivity contribution in [2.24, 2.45) is 0 Å². The number of hydrogen-bond donors (Lipinski definition) is 1. The van der Waals surface area contributed by atoms with Crippen LogP contribution in [0.4, 0.5) is 0 Å². The Morgan fingerprint density at radius 3 is 2.36 bits per heavy atom. The Morgan fingerprint density at radius 2 is 1.64 bits per heavy atom. The quantitative estimate of drug-likeness (QED) is 0.493. The van der Waals surface area contributed by atoms with E-state index in [0.717, 1.165) is 55.3 Å². The minimum Gasteiger partial charge on any atom is -0.379 e. The van der Waals surface area contributed by atoms with Gasteiger partial charge in [-0.2, -0.15) is 0 Å². The Labute approximate surface area is 193 Å². The summed E-state index contributed by atoms with van der Waals surface area (Å²) in [5.41, 5.74) is 6.10. The summed E-state index contributed by atoms with van der Waals surface area (Å²) >= 11 is 0. The van der Waals surface area contributed by atoms with E-state index in [-0.39, 0.29) is 5.91 Å². The predicted molar refractivity (Wildman–Crippen MR) is 130 cm³/mol. The van der Waals surface area contributed by atoms with Crippen LogP contribution in [0.15, 0.2) is 72.8 Å². The molecule has 1 aliphatic heterocycles. The van der Waals surface area contributed by atoms with Gasteiger partial charge in [-0.3, -0.25) is 9.69 Å². The second kappa shape index (κ2) is 9.57. The minimum absolute atomic E-state index is 0.108. The van der Waals surface area contributed by atoms with Crippen molar-refractivity contribution >= 4 is 16.9 Å². The molecule has 6 nitrogen and oxygen atoms in total. The molecule has 1 amide bonds. The van der Waals surface area contributed by atoms with Gasteiger partial charge in [0.1, 0.15) is 5.82 Å². The summed E-state index contributed by atoms with van der Waals surface area (Å²) in [7, 11) is 1.64. The van der Waals surface area contributed by atoms with Gasteiger partial charge in [0.25, 0.3) is 5.91 Å². The van der Waals surface area contributed by atoms with Crippen molar-refractivity contribution < 1.29 is 9.53 Å². The average molecular weight is 441 g/mol. The number of hydrogen-bond acceptors (Lipinski definition) is 4. The van der Waals surface area contributed by atoms with Gasteiger partial charge in [-0.25, -0.2) is 4.98 Å². The van der Waals surface area contributed by atoms with Crippen molar-refractivity contribution in [3.8, 4) is 11.4 Å². The van der Waals surface area contributed by atoms with Gasteiger partial charge in [-0.05, 0) is 29.3 Å². The standard InChI is InChI=1S/C27H28N4O2/c1-28-27(32)21-11-12-25-24(17-21)29-26(20-7-3-2-4-8-20)31(25)19-23-10-6-5-9-22(23)18-30-13-15-33-16-14-30/h2-12,17H,13-16,18-19H2,1H3,(H,28,32). The van der Waals surface area contributed by atoms with Crippen LogP contribution in [0.1, 0.15) is 21.5 Å². The van der Waals surface area contributed by atoms with E-state index in [1.54, 1.807) is 7.05 Å². The highest BCUT2D eigenvalue weighted by Crippen LogP contribution is 2.27. The second-order valence-electron chi connectivity index (χ2n) is 8.33. The first-order valence-corrected chi connectivity index (χ1v) is 11.4. The Bertz CT molecular complexity index is 1260. The summed E-state index contributed by atoms with van der Waals surface area (Å²) in [6.07, 6.45) is 0. The van der Waals surface area contributed by atoms with Crippen LogP contribution in [0.25, 0.3) is 22.4 Å². The van der Waals surface area contributed by atoms with Gasteiger partial charge >= 0.3 is 0 Å². The highest BCUT2D eigenvalue weighted by molar-refractivity contribution is 5.97. The predicted octanol–water partition coefficient (Wildman–Crippen LogP) is 3.94. The topological polar surface area (TPSA) is 59.4 Å². The number of aromatic nitrogens is 2. The van der Waals surface area contributed by atoms with Gasteiger partial charge < -0.3 is 14.6 Å². The number of nitrogens with one attached hydrogen (secondary N) is 1. The Kier molecular flexibility index (Phi) is 6.19. The van der Waals surface area contributed by atoms with Crippen LogP contribution >= 0.6 is 0 Å². The first kappa shape index (κ1) is 21.4. The number of ether oxygens (including phenoxy) is 1. The second-order valence-corrected chi connectivity index (χ2v) is 8.33. The number of nitrogens with zero attached hydrogens (tertiary/aromatic N) is 3. The molecule has 4 aromatic rings. The molecule has 0 radical (unpaired) electrons. The summed E-state index contributed by atoms with van der Waals surface area (Å²) in [6.45, 7) is 5.12. The number of carbonyl (C=O) groups is 1. The molecule has 1 fully saturated rings. The van der Waals surface area contributed by atoms with Gasteiger partial charge in [0.2, 0.25) is 0 Å². The minimum atomic E-state index is -0.108. The zero-order chi connectivity index (χ0) is 22.6. The van der Waals surface area contributed by atoms with Crippen LogP contribution < -0.4 is 5.32 Å². The fourth-order valence-electron chi connectivity index (χ4n) is 4.42. The van der Waals surface area contributed by atoms with E-state index >= 15 is 0 Å². The number of fused-ring (bicyclic) bond motifs is 1. The number of imidazole rings is 1. The molecule has 3 aromatic carbocycles. The van der Waals surface area contributed by atoms with E-state index in [2.05, 4.69) is 51.2 Å². The van der Waals surface area contributed by atoms with Crippen molar-refractivity contribution in [3.63, 3.8) is 0 Å². The molecular weight excluding hydrogens is 412 g/mol. The van der Waals surface area contributed by atoms with Crippen molar-refractivity contribution in [1.29, 1.82) is 0 Å². The van der Waals surface area contributed by atoms with Crippen LogP contribution in [0, 0.1) is 0 Å². The lowest BCUT2D eigenvalue weighted by atomic mass is 10.1. The summed E-state index contributed by atoms with van der Waals surface area (Å²) < 4.78 is 7.78. The third kappa shape index (κ3) is 4.53. The molecule has 1 aliphatic rings. The van der Waals surface area contributed by atoms with E-state index in [1.165, 1.54) is 11.1 Å². The largest absolute Gasteiger partial charge is 0.379 e. The van der Waals surface area contributed by atoms with Crippen molar-refractivity contribution in [2.45, 2.75) is 13.1 Å². The third-order valence-electron chi connectivity index (χ3n) is 6.21. The fourth-order valence-corrected chi connectivity index (χ4v) is 4.42. The molecule has 6 heteroatoms. The van der Waals surface area contributed by atoms with Crippen LogP contribution in [0.2, 0.25) is 0 Å². The summed E-state index contributed by atoms with van der Waals surface area (Å²) in [5, 5.41) is 2.70. The Hall–Kier alpha value is -3.48. The first-order valence-electron chi connectivity index (χ1n) is 11.4. The van der Waals surface area contributed by atoms with E-state index in [4.69, 9.17) is 9.72 Å². The average Bonchev–Trinajstić information content (AvgIpc) is 3.23. The normalized spacial score (nSPS) is 14.5. The molecule has 33 heavy (non-hydrogen) atoms. The molecule has 1 N–H and O–H groups in total. The molecule has 0 saturated carbocycles. The van der Waals surface area contributed by atoms with Crippen LogP contribution in [-0.2, 0) is 17.8 Å². The van der Waals surface area contributed by atoms with Crippen molar-refractivity contribution in [1.82, 2.24) is 19.8 Å². The number of rotatable bonds is 6. The smallest absolute Gasteiger partial charge is 0.251 e. The molecule has 1 aromatic heterocycles.